The number of carbonyl (C=O) groups is 4. The number of guanidine groups is 1. The second-order valence-corrected chi connectivity index (χ2v) is 9.35. The third-order valence-corrected chi connectivity index (χ3v) is 6.28. The maximum Gasteiger partial charge on any atom is 0.251 e. The second-order valence-electron chi connectivity index (χ2n) is 9.35. The minimum Gasteiger partial charge on any atom is -0.370 e. The number of unbranched alkanes of at least 4 members (excludes halogenated alkanes) is 1. The monoisotopic (exact) mass is 552 g/mol. The molecule has 0 aliphatic heterocycles. The van der Waals surface area contributed by atoms with Gasteiger partial charge in [0.05, 0.1) is 0 Å². The number of nitrogens with two attached hydrogens (primary N) is 4. The lowest BCUT2D eigenvalue weighted by Crippen LogP contribution is -2.55. The molecule has 10 N–H and O–H groups in total. The Labute approximate surface area is 234 Å². The Morgan fingerprint density at radius 3 is 2.00 bits per heavy atom. The zero-order chi connectivity index (χ0) is 29.5. The predicted molar refractivity (Wildman–Crippen MR) is 154 cm³/mol. The van der Waals surface area contributed by atoms with Crippen LogP contribution in [0.1, 0.15) is 54.1 Å². The minimum absolute atomic E-state index is 0.0784. The molecule has 4 amide bonds. The quantitative estimate of drug-likeness (QED) is 0.0961. The second kappa shape index (κ2) is 16.5. The number of nitrogens with one attached hydrogen (secondary N) is 2. The maximum absolute atomic E-state index is 13.6. The smallest absolute Gasteiger partial charge is 0.251 e. The van der Waals surface area contributed by atoms with Crippen LogP contribution >= 0.6 is 0 Å². The van der Waals surface area contributed by atoms with E-state index in [2.05, 4.69) is 15.6 Å². The van der Waals surface area contributed by atoms with E-state index in [4.69, 9.17) is 22.9 Å². The maximum atomic E-state index is 13.6. The highest BCUT2D eigenvalue weighted by molar-refractivity contribution is 5.98. The third kappa shape index (κ3) is 10.0. The Hall–Kier alpha value is -4.45. The number of benzene rings is 2. The number of hydrogen-bond donors (Lipinski definition) is 6. The Kier molecular flexibility index (Phi) is 13.1. The molecule has 12 nitrogen and oxygen atoms in total. The van der Waals surface area contributed by atoms with E-state index in [9.17, 15) is 19.2 Å². The van der Waals surface area contributed by atoms with Crippen LogP contribution in [-0.2, 0) is 14.4 Å². The average Bonchev–Trinajstić information content (AvgIpc) is 2.94. The number of carbonyl (C=O) groups excluding carboxylic acids is 4. The number of rotatable bonds is 16. The first-order valence-corrected chi connectivity index (χ1v) is 13.2. The van der Waals surface area contributed by atoms with Gasteiger partial charge in [-0.05, 0) is 56.3 Å². The first-order valence-electron chi connectivity index (χ1n) is 13.2. The summed E-state index contributed by atoms with van der Waals surface area (Å²) in [6.45, 7) is 0.672. The van der Waals surface area contributed by atoms with Crippen molar-refractivity contribution in [1.29, 1.82) is 0 Å². The molecule has 2 aromatic rings. The Morgan fingerprint density at radius 2 is 1.43 bits per heavy atom. The van der Waals surface area contributed by atoms with E-state index in [0.717, 1.165) is 0 Å². The Morgan fingerprint density at radius 1 is 0.825 bits per heavy atom. The number of likely N-dealkylation sites (N-methyl/N-ethyl adjacent to an activating group) is 1. The van der Waals surface area contributed by atoms with Crippen LogP contribution in [0, 0.1) is 0 Å². The van der Waals surface area contributed by atoms with Gasteiger partial charge in [0.15, 0.2) is 5.96 Å². The zero-order valence-electron chi connectivity index (χ0n) is 22.8. The molecular formula is C28H40N8O4. The van der Waals surface area contributed by atoms with Gasteiger partial charge in [0.1, 0.15) is 18.1 Å². The summed E-state index contributed by atoms with van der Waals surface area (Å²) in [5.41, 5.74) is 23.0. The van der Waals surface area contributed by atoms with Gasteiger partial charge in [-0.1, -0.05) is 48.5 Å². The topological polar surface area (TPSA) is 212 Å². The number of aliphatic imine (C=N–C) groups is 1. The van der Waals surface area contributed by atoms with Gasteiger partial charge in [0.2, 0.25) is 17.7 Å². The minimum atomic E-state index is -1.03. The molecular weight excluding hydrogens is 512 g/mol. The molecule has 0 aromatic heterocycles. The number of nitrogens with zero attached hydrogens (tertiary/aromatic N) is 2. The number of amides is 4. The molecule has 0 heterocycles. The summed E-state index contributed by atoms with van der Waals surface area (Å²) in [7, 11) is 1.47. The fourth-order valence-corrected chi connectivity index (χ4v) is 4.21. The molecule has 0 spiro atoms. The number of primary amides is 1. The summed E-state index contributed by atoms with van der Waals surface area (Å²) in [6, 6.07) is 14.2. The first-order chi connectivity index (χ1) is 19.1. The van der Waals surface area contributed by atoms with Crippen LogP contribution in [0.4, 0.5) is 0 Å². The van der Waals surface area contributed by atoms with Crippen molar-refractivity contribution >= 4 is 29.6 Å². The van der Waals surface area contributed by atoms with E-state index in [1.807, 2.05) is 0 Å². The molecule has 3 atom stereocenters. The van der Waals surface area contributed by atoms with E-state index in [1.165, 1.54) is 11.9 Å². The molecule has 0 radical (unpaired) electrons. The van der Waals surface area contributed by atoms with Crippen LogP contribution in [0.5, 0.6) is 0 Å². The highest BCUT2D eigenvalue weighted by Gasteiger charge is 2.33. The van der Waals surface area contributed by atoms with Gasteiger partial charge in [-0.25, -0.2) is 0 Å². The molecule has 2 rings (SSSR count). The van der Waals surface area contributed by atoms with Crippen LogP contribution in [0.15, 0.2) is 65.7 Å². The van der Waals surface area contributed by atoms with Gasteiger partial charge in [0.25, 0.3) is 5.91 Å². The lowest BCUT2D eigenvalue weighted by molar-refractivity contribution is -0.141. The van der Waals surface area contributed by atoms with Crippen molar-refractivity contribution in [2.45, 2.75) is 50.2 Å². The van der Waals surface area contributed by atoms with Gasteiger partial charge < -0.3 is 38.5 Å². The molecule has 0 aliphatic carbocycles. The zero-order valence-corrected chi connectivity index (χ0v) is 22.8. The summed E-state index contributed by atoms with van der Waals surface area (Å²) in [6.07, 6.45) is 2.08. The van der Waals surface area contributed by atoms with Crippen molar-refractivity contribution in [3.8, 4) is 0 Å². The average molecular weight is 553 g/mol. The fourth-order valence-electron chi connectivity index (χ4n) is 4.21. The largest absolute Gasteiger partial charge is 0.370 e. The summed E-state index contributed by atoms with van der Waals surface area (Å²) in [5.74, 6) is -2.27. The lowest BCUT2D eigenvalue weighted by atomic mass is 10.0. The molecule has 0 bridgehead atoms. The van der Waals surface area contributed by atoms with Crippen LogP contribution in [-0.4, -0.2) is 66.7 Å². The summed E-state index contributed by atoms with van der Waals surface area (Å²) >= 11 is 0. The van der Waals surface area contributed by atoms with Crippen LogP contribution in [0.2, 0.25) is 0 Å². The standard InChI is InChI=1S/C28H40N8O4/c1-36(23(24(30)37)19-11-4-2-5-12-19)27(40)22(15-8-9-17-29)35-26(39)21(16-10-18-33-28(31)32)34-25(38)20-13-6-3-7-14-20/h2-7,11-14,21-23H,8-10,15-18,29H2,1H3,(H2,30,37)(H,34,38)(H,35,39)(H4,31,32,33)/t21-,22-,23+/m0/s1. The van der Waals surface area contributed by atoms with Crippen LogP contribution < -0.4 is 33.6 Å². The molecule has 0 fully saturated rings. The van der Waals surface area contributed by atoms with Gasteiger partial charge in [0, 0.05) is 19.2 Å². The van der Waals surface area contributed by atoms with Crippen molar-refractivity contribution in [2.75, 3.05) is 20.1 Å². The SMILES string of the molecule is CN(C(=O)[C@H](CCCCN)NC(=O)[C@H](CCCN=C(N)N)NC(=O)c1ccccc1)[C@@H](C(N)=O)c1ccccc1. The third-order valence-electron chi connectivity index (χ3n) is 6.28. The molecule has 216 valence electrons. The molecule has 0 saturated heterocycles. The molecule has 0 unspecified atom stereocenters. The molecule has 2 aromatic carbocycles. The summed E-state index contributed by atoms with van der Waals surface area (Å²) < 4.78 is 0. The predicted octanol–water partition coefficient (Wildman–Crippen LogP) is 0.137. The van der Waals surface area contributed by atoms with E-state index in [0.29, 0.717) is 36.9 Å². The van der Waals surface area contributed by atoms with Gasteiger partial charge >= 0.3 is 0 Å². The molecule has 0 saturated carbocycles. The number of hydrogen-bond acceptors (Lipinski definition) is 6. The van der Waals surface area contributed by atoms with E-state index in [1.54, 1.807) is 60.7 Å². The summed E-state index contributed by atoms with van der Waals surface area (Å²) in [4.78, 5) is 57.5. The summed E-state index contributed by atoms with van der Waals surface area (Å²) in [5, 5.41) is 5.53. The highest BCUT2D eigenvalue weighted by Crippen LogP contribution is 2.21. The van der Waals surface area contributed by atoms with Crippen LogP contribution in [0.25, 0.3) is 0 Å². The van der Waals surface area contributed by atoms with Gasteiger partial charge in [-0.15, -0.1) is 0 Å². The van der Waals surface area contributed by atoms with Crippen molar-refractivity contribution in [2.24, 2.45) is 27.9 Å². The van der Waals surface area contributed by atoms with E-state index in [-0.39, 0.29) is 25.3 Å². The van der Waals surface area contributed by atoms with Crippen molar-refractivity contribution in [3.05, 3.63) is 71.8 Å². The van der Waals surface area contributed by atoms with Gasteiger partial charge in [-0.2, -0.15) is 0 Å². The lowest BCUT2D eigenvalue weighted by Gasteiger charge is -2.31. The Balaban J connectivity index is 2.27. The van der Waals surface area contributed by atoms with Crippen molar-refractivity contribution in [1.82, 2.24) is 15.5 Å². The van der Waals surface area contributed by atoms with E-state index >= 15 is 0 Å². The van der Waals surface area contributed by atoms with E-state index < -0.39 is 41.8 Å². The molecule has 0 aliphatic rings. The molecule has 40 heavy (non-hydrogen) atoms. The normalized spacial score (nSPS) is 12.8. The van der Waals surface area contributed by atoms with Crippen LogP contribution in [0.3, 0.4) is 0 Å². The first kappa shape index (κ1) is 31.8. The van der Waals surface area contributed by atoms with Gasteiger partial charge in [-0.3, -0.25) is 24.2 Å². The van der Waals surface area contributed by atoms with Crippen molar-refractivity contribution in [3.63, 3.8) is 0 Å². The van der Waals surface area contributed by atoms with Crippen molar-refractivity contribution < 1.29 is 19.2 Å². The fraction of sp³-hybridized carbons (Fsp3) is 0.393. The Bertz CT molecular complexity index is 1140. The molecule has 12 heteroatoms. The highest BCUT2D eigenvalue weighted by atomic mass is 16.2.